The van der Waals surface area contributed by atoms with Crippen molar-refractivity contribution in [3.05, 3.63) is 72.8 Å². The first kappa shape index (κ1) is 14.5. The molecule has 1 amide bonds. The van der Waals surface area contributed by atoms with E-state index in [1.807, 2.05) is 58.1 Å². The zero-order valence-electron chi connectivity index (χ0n) is 13.5. The maximum absolute atomic E-state index is 13.0. The predicted octanol–water partition coefficient (Wildman–Crippen LogP) is 2.97. The van der Waals surface area contributed by atoms with Gasteiger partial charge in [0.1, 0.15) is 0 Å². The van der Waals surface area contributed by atoms with Gasteiger partial charge in [0.25, 0.3) is 5.91 Å². The number of hydrogen-bond donors (Lipinski definition) is 0. The molecule has 0 fully saturated rings. The van der Waals surface area contributed by atoms with Crippen LogP contribution >= 0.6 is 0 Å². The van der Waals surface area contributed by atoms with Crippen LogP contribution in [0.5, 0.6) is 0 Å². The smallest absolute Gasteiger partial charge is 0.258 e. The number of aromatic nitrogens is 2. The van der Waals surface area contributed by atoms with Crippen LogP contribution in [0.25, 0.3) is 5.69 Å². The van der Waals surface area contributed by atoms with Crippen molar-refractivity contribution in [2.24, 2.45) is 0 Å². The highest BCUT2D eigenvalue weighted by Crippen LogP contribution is 2.32. The molecule has 2 heterocycles. The van der Waals surface area contributed by atoms with Crippen LogP contribution in [-0.2, 0) is 0 Å². The normalized spacial score (nSPS) is 13.7. The first-order valence-electron chi connectivity index (χ1n) is 7.94. The quantitative estimate of drug-likeness (QED) is 0.729. The molecule has 4 rings (SSSR count). The van der Waals surface area contributed by atoms with Gasteiger partial charge in [0.2, 0.25) is 0 Å². The van der Waals surface area contributed by atoms with Crippen LogP contribution in [-0.4, -0.2) is 35.6 Å². The van der Waals surface area contributed by atoms with E-state index in [1.165, 1.54) is 0 Å². The molecule has 1 aliphatic rings. The Hall–Kier alpha value is -3.08. The lowest BCUT2D eigenvalue weighted by molar-refractivity contribution is 0.0987. The van der Waals surface area contributed by atoms with E-state index >= 15 is 0 Å². The Balaban J connectivity index is 1.64. The number of amides is 1. The summed E-state index contributed by atoms with van der Waals surface area (Å²) in [5.41, 5.74) is 3.74. The number of para-hydroxylation sites is 2. The van der Waals surface area contributed by atoms with E-state index in [2.05, 4.69) is 23.0 Å². The average Bonchev–Trinajstić information content (AvgIpc) is 3.17. The number of carbonyl (C=O) groups excluding carboxylic acids is 1. The standard InChI is InChI=1S/C19H18N4O/c1-21-12-13-23(18-5-3-2-4-17(18)21)19(24)15-6-8-16(9-7-15)22-11-10-20-14-22/h2-11,14H,12-13H2,1H3. The molecule has 0 saturated heterocycles. The van der Waals surface area contributed by atoms with Gasteiger partial charge in [-0.25, -0.2) is 4.98 Å². The monoisotopic (exact) mass is 318 g/mol. The molecule has 0 radical (unpaired) electrons. The lowest BCUT2D eigenvalue weighted by Crippen LogP contribution is -2.42. The first-order chi connectivity index (χ1) is 11.7. The average molecular weight is 318 g/mol. The van der Waals surface area contributed by atoms with E-state index in [0.29, 0.717) is 12.1 Å². The van der Waals surface area contributed by atoms with Crippen LogP contribution in [0.1, 0.15) is 10.4 Å². The molecule has 0 N–H and O–H groups in total. The summed E-state index contributed by atoms with van der Waals surface area (Å²) in [4.78, 5) is 21.0. The fraction of sp³-hybridized carbons (Fsp3) is 0.158. The van der Waals surface area contributed by atoms with Crippen molar-refractivity contribution in [3.63, 3.8) is 0 Å². The lowest BCUT2D eigenvalue weighted by atomic mass is 10.1. The third-order valence-electron chi connectivity index (χ3n) is 4.40. The zero-order chi connectivity index (χ0) is 16.5. The van der Waals surface area contributed by atoms with Crippen LogP contribution < -0.4 is 9.80 Å². The summed E-state index contributed by atoms with van der Waals surface area (Å²) in [6.45, 7) is 1.52. The van der Waals surface area contributed by atoms with Gasteiger partial charge >= 0.3 is 0 Å². The number of likely N-dealkylation sites (N-methyl/N-ethyl adjacent to an activating group) is 1. The molecular formula is C19H18N4O. The van der Waals surface area contributed by atoms with Gasteiger partial charge in [-0.15, -0.1) is 0 Å². The number of rotatable bonds is 2. The maximum atomic E-state index is 13.0. The SMILES string of the molecule is CN1CCN(C(=O)c2ccc(-n3ccnc3)cc2)c2ccccc21. The first-order valence-corrected chi connectivity index (χ1v) is 7.94. The summed E-state index contributed by atoms with van der Waals surface area (Å²) in [5.74, 6) is 0.0349. The van der Waals surface area contributed by atoms with E-state index in [4.69, 9.17) is 0 Å². The third kappa shape index (κ3) is 2.44. The molecule has 0 saturated carbocycles. The fourth-order valence-corrected chi connectivity index (χ4v) is 3.06. The van der Waals surface area contributed by atoms with Gasteiger partial charge in [-0.05, 0) is 36.4 Å². The van der Waals surface area contributed by atoms with Crippen molar-refractivity contribution in [2.75, 3.05) is 29.9 Å². The van der Waals surface area contributed by atoms with Gasteiger partial charge < -0.3 is 14.4 Å². The van der Waals surface area contributed by atoms with E-state index in [1.54, 1.807) is 12.5 Å². The summed E-state index contributed by atoms with van der Waals surface area (Å²) >= 11 is 0. The Morgan fingerprint density at radius 3 is 2.46 bits per heavy atom. The molecule has 3 aromatic rings. The molecule has 24 heavy (non-hydrogen) atoms. The number of benzene rings is 2. The Morgan fingerprint density at radius 2 is 1.75 bits per heavy atom. The second-order valence-electron chi connectivity index (χ2n) is 5.88. The molecule has 1 aliphatic heterocycles. The number of nitrogens with zero attached hydrogens (tertiary/aromatic N) is 4. The second kappa shape index (κ2) is 5.85. The third-order valence-corrected chi connectivity index (χ3v) is 4.40. The number of hydrogen-bond acceptors (Lipinski definition) is 3. The molecule has 2 aromatic carbocycles. The molecule has 0 aliphatic carbocycles. The van der Waals surface area contributed by atoms with E-state index in [9.17, 15) is 4.79 Å². The van der Waals surface area contributed by atoms with Crippen molar-refractivity contribution < 1.29 is 4.79 Å². The van der Waals surface area contributed by atoms with Crippen LogP contribution in [0.4, 0.5) is 11.4 Å². The van der Waals surface area contributed by atoms with Gasteiger partial charge in [0.05, 0.1) is 17.7 Å². The highest BCUT2D eigenvalue weighted by molar-refractivity contribution is 6.08. The Morgan fingerprint density at radius 1 is 1.00 bits per heavy atom. The van der Waals surface area contributed by atoms with Crippen LogP contribution in [0.15, 0.2) is 67.3 Å². The highest BCUT2D eigenvalue weighted by atomic mass is 16.2. The highest BCUT2D eigenvalue weighted by Gasteiger charge is 2.25. The predicted molar refractivity (Wildman–Crippen MR) is 95.0 cm³/mol. The molecule has 0 spiro atoms. The van der Waals surface area contributed by atoms with Crippen LogP contribution in [0.2, 0.25) is 0 Å². The molecule has 5 nitrogen and oxygen atoms in total. The second-order valence-corrected chi connectivity index (χ2v) is 5.88. The van der Waals surface area contributed by atoms with Gasteiger partial charge in [0.15, 0.2) is 0 Å². The minimum Gasteiger partial charge on any atom is -0.371 e. The van der Waals surface area contributed by atoms with Crippen molar-refractivity contribution in [2.45, 2.75) is 0 Å². The van der Waals surface area contributed by atoms with Crippen molar-refractivity contribution in [3.8, 4) is 5.69 Å². The Labute approximate surface area is 140 Å². The number of fused-ring (bicyclic) bond motifs is 1. The Bertz CT molecular complexity index is 855. The summed E-state index contributed by atoms with van der Waals surface area (Å²) in [6.07, 6.45) is 5.36. The van der Waals surface area contributed by atoms with E-state index < -0.39 is 0 Å². The van der Waals surface area contributed by atoms with Gasteiger partial charge in [0, 0.05) is 43.8 Å². The summed E-state index contributed by atoms with van der Waals surface area (Å²) in [6, 6.07) is 15.7. The minimum atomic E-state index is 0.0349. The van der Waals surface area contributed by atoms with Gasteiger partial charge in [-0.3, -0.25) is 4.79 Å². The topological polar surface area (TPSA) is 41.4 Å². The lowest BCUT2D eigenvalue weighted by Gasteiger charge is -2.35. The molecule has 0 atom stereocenters. The number of carbonyl (C=O) groups is 1. The summed E-state index contributed by atoms with van der Waals surface area (Å²) in [7, 11) is 2.06. The molecule has 1 aromatic heterocycles. The molecular weight excluding hydrogens is 300 g/mol. The van der Waals surface area contributed by atoms with Crippen molar-refractivity contribution >= 4 is 17.3 Å². The van der Waals surface area contributed by atoms with E-state index in [-0.39, 0.29) is 5.91 Å². The van der Waals surface area contributed by atoms with Gasteiger partial charge in [-0.1, -0.05) is 12.1 Å². The van der Waals surface area contributed by atoms with Crippen LogP contribution in [0.3, 0.4) is 0 Å². The number of imidazole rings is 1. The van der Waals surface area contributed by atoms with Crippen LogP contribution in [0, 0.1) is 0 Å². The van der Waals surface area contributed by atoms with Crippen molar-refractivity contribution in [1.29, 1.82) is 0 Å². The fourth-order valence-electron chi connectivity index (χ4n) is 3.06. The molecule has 0 unspecified atom stereocenters. The van der Waals surface area contributed by atoms with Crippen molar-refractivity contribution in [1.82, 2.24) is 9.55 Å². The summed E-state index contributed by atoms with van der Waals surface area (Å²) in [5, 5.41) is 0. The molecule has 0 bridgehead atoms. The zero-order valence-corrected chi connectivity index (χ0v) is 13.5. The van der Waals surface area contributed by atoms with E-state index in [0.717, 1.165) is 23.6 Å². The van der Waals surface area contributed by atoms with Gasteiger partial charge in [-0.2, -0.15) is 0 Å². The summed E-state index contributed by atoms with van der Waals surface area (Å²) < 4.78 is 1.92. The molecule has 5 heteroatoms. The molecule has 120 valence electrons. The largest absolute Gasteiger partial charge is 0.371 e. The maximum Gasteiger partial charge on any atom is 0.258 e. The Kier molecular flexibility index (Phi) is 3.54. The minimum absolute atomic E-state index is 0.0349. The number of anilines is 2.